The lowest BCUT2D eigenvalue weighted by Gasteiger charge is -2.34. The van der Waals surface area contributed by atoms with Crippen LogP contribution in [0.2, 0.25) is 0 Å². The molecule has 30 heavy (non-hydrogen) atoms. The molecule has 0 aliphatic carbocycles. The number of hydrogen-bond acceptors (Lipinski definition) is 6. The lowest BCUT2D eigenvalue weighted by atomic mass is 9.97. The SMILES string of the molecule is O=C(O)C(F)(F)F.c1ccc(O[C@H]2CN(CC3CCOCC3)[C@@H]3CCCO[C@H]23)nc1. The molecule has 4 rings (SSSR count). The van der Waals surface area contributed by atoms with E-state index in [0.717, 1.165) is 45.2 Å². The van der Waals surface area contributed by atoms with E-state index in [0.29, 0.717) is 11.9 Å². The summed E-state index contributed by atoms with van der Waals surface area (Å²) in [7, 11) is 0. The van der Waals surface area contributed by atoms with Crippen molar-refractivity contribution in [3.05, 3.63) is 24.4 Å². The maximum absolute atomic E-state index is 10.6. The number of carboxylic acid groups (broad SMARTS) is 1. The molecule has 10 heteroatoms. The number of halogens is 3. The number of likely N-dealkylation sites (tertiary alicyclic amines) is 1. The van der Waals surface area contributed by atoms with Gasteiger partial charge < -0.3 is 19.3 Å². The Morgan fingerprint density at radius 2 is 1.97 bits per heavy atom. The van der Waals surface area contributed by atoms with Crippen molar-refractivity contribution in [3.8, 4) is 5.88 Å². The first-order valence-corrected chi connectivity index (χ1v) is 10.2. The van der Waals surface area contributed by atoms with Crippen LogP contribution in [0, 0.1) is 5.92 Å². The van der Waals surface area contributed by atoms with E-state index in [1.54, 1.807) is 6.20 Å². The van der Waals surface area contributed by atoms with Crippen LogP contribution in [-0.4, -0.2) is 78.3 Å². The summed E-state index contributed by atoms with van der Waals surface area (Å²) in [6.45, 7) is 4.78. The first-order chi connectivity index (χ1) is 14.3. The molecular formula is C20H27F3N2O5. The molecule has 0 radical (unpaired) electrons. The van der Waals surface area contributed by atoms with Crippen molar-refractivity contribution in [1.29, 1.82) is 0 Å². The fraction of sp³-hybridized carbons (Fsp3) is 0.700. The van der Waals surface area contributed by atoms with Crippen molar-refractivity contribution < 1.29 is 37.3 Å². The minimum atomic E-state index is -5.08. The van der Waals surface area contributed by atoms with Gasteiger partial charge in [-0.15, -0.1) is 0 Å². The Kier molecular flexibility index (Phi) is 7.90. The van der Waals surface area contributed by atoms with E-state index >= 15 is 0 Å². The Morgan fingerprint density at radius 1 is 1.23 bits per heavy atom. The lowest BCUT2D eigenvalue weighted by Crippen LogP contribution is -2.44. The van der Waals surface area contributed by atoms with Crippen molar-refractivity contribution in [2.45, 2.75) is 50.1 Å². The van der Waals surface area contributed by atoms with Crippen LogP contribution in [0.5, 0.6) is 5.88 Å². The third kappa shape index (κ3) is 6.29. The Hall–Kier alpha value is -1.91. The van der Waals surface area contributed by atoms with Crippen LogP contribution in [0.3, 0.4) is 0 Å². The minimum absolute atomic E-state index is 0.0926. The Balaban J connectivity index is 0.000000318. The molecule has 7 nitrogen and oxygen atoms in total. The summed E-state index contributed by atoms with van der Waals surface area (Å²) in [5.41, 5.74) is 0. The molecule has 0 aromatic carbocycles. The van der Waals surface area contributed by atoms with Gasteiger partial charge >= 0.3 is 12.1 Å². The second-order valence-electron chi connectivity index (χ2n) is 7.68. The molecule has 3 fully saturated rings. The average Bonchev–Trinajstić information content (AvgIpc) is 3.07. The number of aliphatic carboxylic acids is 1. The van der Waals surface area contributed by atoms with Gasteiger partial charge in [0, 0.05) is 51.2 Å². The largest absolute Gasteiger partial charge is 0.490 e. The van der Waals surface area contributed by atoms with Gasteiger partial charge in [-0.25, -0.2) is 9.78 Å². The highest BCUT2D eigenvalue weighted by Gasteiger charge is 2.46. The molecule has 1 aromatic rings. The third-order valence-electron chi connectivity index (χ3n) is 5.57. The highest BCUT2D eigenvalue weighted by Crippen LogP contribution is 2.32. The highest BCUT2D eigenvalue weighted by molar-refractivity contribution is 5.73. The van der Waals surface area contributed by atoms with Gasteiger partial charge in [-0.05, 0) is 37.7 Å². The third-order valence-corrected chi connectivity index (χ3v) is 5.57. The van der Waals surface area contributed by atoms with Crippen LogP contribution >= 0.6 is 0 Å². The molecule has 3 atom stereocenters. The molecule has 0 saturated carbocycles. The van der Waals surface area contributed by atoms with Gasteiger partial charge in [0.2, 0.25) is 5.88 Å². The normalized spacial score (nSPS) is 27.6. The van der Waals surface area contributed by atoms with Gasteiger partial charge in [-0.3, -0.25) is 4.90 Å². The molecule has 0 bridgehead atoms. The maximum atomic E-state index is 10.6. The minimum Gasteiger partial charge on any atom is -0.475 e. The van der Waals surface area contributed by atoms with Crippen LogP contribution in [0.1, 0.15) is 25.7 Å². The van der Waals surface area contributed by atoms with E-state index in [2.05, 4.69) is 9.88 Å². The van der Waals surface area contributed by atoms with Crippen molar-refractivity contribution >= 4 is 5.97 Å². The van der Waals surface area contributed by atoms with Crippen molar-refractivity contribution in [2.75, 3.05) is 32.9 Å². The standard InChI is InChI=1S/C18H26N2O3.C2HF3O2/c1-2-8-19-17(5-1)23-16-13-20(12-14-6-10-21-11-7-14)15-4-3-9-22-18(15)16;3-2(4,5)1(6)7/h1-2,5,8,14-16,18H,3-4,6-7,9-13H2;(H,6,7)/t15-,16+,18+;/m1./s1. The van der Waals surface area contributed by atoms with Crippen LogP contribution in [0.4, 0.5) is 13.2 Å². The quantitative estimate of drug-likeness (QED) is 0.784. The summed E-state index contributed by atoms with van der Waals surface area (Å²) in [5, 5.41) is 7.12. The summed E-state index contributed by atoms with van der Waals surface area (Å²) >= 11 is 0. The summed E-state index contributed by atoms with van der Waals surface area (Å²) in [5.74, 6) is -1.30. The molecule has 1 N–H and O–H groups in total. The molecule has 0 unspecified atom stereocenters. The van der Waals surface area contributed by atoms with Crippen LogP contribution < -0.4 is 4.74 Å². The first kappa shape index (κ1) is 22.8. The number of carbonyl (C=O) groups is 1. The second-order valence-corrected chi connectivity index (χ2v) is 7.68. The van der Waals surface area contributed by atoms with Crippen LogP contribution in [-0.2, 0) is 14.3 Å². The number of pyridine rings is 1. The maximum Gasteiger partial charge on any atom is 0.490 e. The molecule has 1 aromatic heterocycles. The van der Waals surface area contributed by atoms with Gasteiger partial charge in [0.05, 0.1) is 0 Å². The van der Waals surface area contributed by atoms with Gasteiger partial charge in [0.25, 0.3) is 0 Å². The monoisotopic (exact) mass is 432 g/mol. The number of hydrogen-bond donors (Lipinski definition) is 1. The average molecular weight is 432 g/mol. The zero-order valence-corrected chi connectivity index (χ0v) is 16.6. The number of rotatable bonds is 4. The molecule has 0 amide bonds. The molecule has 3 aliphatic heterocycles. The molecule has 168 valence electrons. The zero-order chi connectivity index (χ0) is 21.6. The van der Waals surface area contributed by atoms with Crippen molar-refractivity contribution in [3.63, 3.8) is 0 Å². The Labute approximate surface area is 173 Å². The Morgan fingerprint density at radius 3 is 2.60 bits per heavy atom. The van der Waals surface area contributed by atoms with Crippen molar-refractivity contribution in [1.82, 2.24) is 9.88 Å². The van der Waals surface area contributed by atoms with Gasteiger partial charge in [0.15, 0.2) is 0 Å². The van der Waals surface area contributed by atoms with Gasteiger partial charge in [-0.1, -0.05) is 6.07 Å². The second kappa shape index (κ2) is 10.4. The van der Waals surface area contributed by atoms with Crippen LogP contribution in [0.25, 0.3) is 0 Å². The summed E-state index contributed by atoms with van der Waals surface area (Å²) in [4.78, 5) is 15.8. The Bertz CT molecular complexity index is 670. The van der Waals surface area contributed by atoms with Crippen molar-refractivity contribution in [2.24, 2.45) is 5.92 Å². The molecular weight excluding hydrogens is 405 g/mol. The highest BCUT2D eigenvalue weighted by atomic mass is 19.4. The summed E-state index contributed by atoms with van der Waals surface area (Å²) in [6.07, 6.45) is 1.71. The van der Waals surface area contributed by atoms with E-state index in [4.69, 9.17) is 24.1 Å². The number of fused-ring (bicyclic) bond motifs is 1. The summed E-state index contributed by atoms with van der Waals surface area (Å²) < 4.78 is 49.5. The number of carboxylic acids is 1. The summed E-state index contributed by atoms with van der Waals surface area (Å²) in [6, 6.07) is 6.31. The first-order valence-electron chi connectivity index (χ1n) is 10.2. The molecule has 3 aliphatic rings. The molecule has 4 heterocycles. The number of alkyl halides is 3. The van der Waals surface area contributed by atoms with E-state index in [-0.39, 0.29) is 12.2 Å². The van der Waals surface area contributed by atoms with E-state index < -0.39 is 12.1 Å². The number of nitrogens with zero attached hydrogens (tertiary/aromatic N) is 2. The predicted molar refractivity (Wildman–Crippen MR) is 100 cm³/mol. The predicted octanol–water partition coefficient (Wildman–Crippen LogP) is 2.75. The van der Waals surface area contributed by atoms with E-state index in [1.165, 1.54) is 19.3 Å². The van der Waals surface area contributed by atoms with Gasteiger partial charge in [-0.2, -0.15) is 13.2 Å². The lowest BCUT2D eigenvalue weighted by molar-refractivity contribution is -0.192. The number of aromatic nitrogens is 1. The van der Waals surface area contributed by atoms with E-state index in [1.807, 2.05) is 18.2 Å². The smallest absolute Gasteiger partial charge is 0.475 e. The fourth-order valence-electron chi connectivity index (χ4n) is 4.15. The van der Waals surface area contributed by atoms with E-state index in [9.17, 15) is 13.2 Å². The molecule has 3 saturated heterocycles. The molecule has 0 spiro atoms. The zero-order valence-electron chi connectivity index (χ0n) is 16.6. The van der Waals surface area contributed by atoms with Gasteiger partial charge in [0.1, 0.15) is 12.2 Å². The number of ether oxygens (including phenoxy) is 3. The fourth-order valence-corrected chi connectivity index (χ4v) is 4.15. The topological polar surface area (TPSA) is 81.1 Å². The van der Waals surface area contributed by atoms with Crippen LogP contribution in [0.15, 0.2) is 24.4 Å².